The predicted octanol–water partition coefficient (Wildman–Crippen LogP) is -0.262. The van der Waals surface area contributed by atoms with Gasteiger partial charge in [0.25, 0.3) is 0 Å². The van der Waals surface area contributed by atoms with Crippen LogP contribution in [0.1, 0.15) is 0 Å². The molecule has 0 radical (unpaired) electrons. The van der Waals surface area contributed by atoms with Crippen molar-refractivity contribution in [3.63, 3.8) is 0 Å². The van der Waals surface area contributed by atoms with Crippen molar-refractivity contribution < 1.29 is 9.59 Å². The van der Waals surface area contributed by atoms with Gasteiger partial charge in [0.05, 0.1) is 10.2 Å². The molecule has 0 heterocycles. The van der Waals surface area contributed by atoms with Gasteiger partial charge in [0.1, 0.15) is 0 Å². The second kappa shape index (κ2) is 5.38. The summed E-state index contributed by atoms with van der Waals surface area (Å²) < 4.78 is 0.279. The van der Waals surface area contributed by atoms with Gasteiger partial charge < -0.3 is 5.32 Å². The van der Waals surface area contributed by atoms with E-state index in [0.29, 0.717) is 0 Å². The first-order valence-corrected chi connectivity index (χ1v) is 4.96. The monoisotopic (exact) mass is 285 g/mol. The second-order valence-corrected chi connectivity index (χ2v) is 3.59. The molecule has 1 aromatic carbocycles. The summed E-state index contributed by atoms with van der Waals surface area (Å²) in [5.74, 6) is 2.74. The van der Waals surface area contributed by atoms with Crippen molar-refractivity contribution in [1.29, 1.82) is 0 Å². The Bertz CT molecular complexity index is 490. The Hall–Kier alpha value is -1.73. The number of rotatable bonds is 1. The van der Waals surface area contributed by atoms with Crippen LogP contribution in [-0.2, 0) is 9.59 Å². The third-order valence-electron chi connectivity index (χ3n) is 1.66. The Morgan fingerprint density at radius 1 is 1.19 bits per heavy atom. The summed E-state index contributed by atoms with van der Waals surface area (Å²) in [6, 6.07) is 6.09. The van der Waals surface area contributed by atoms with Crippen LogP contribution < -0.4 is 22.0 Å². The third kappa shape index (κ3) is 2.88. The first-order chi connectivity index (χ1) is 7.56. The average molecular weight is 286 g/mol. The van der Waals surface area contributed by atoms with Crippen molar-refractivity contribution in [3.05, 3.63) is 39.0 Å². The topological polar surface area (TPSA) is 101 Å². The van der Waals surface area contributed by atoms with E-state index in [9.17, 15) is 14.4 Å². The van der Waals surface area contributed by atoms with E-state index in [1.807, 2.05) is 0 Å². The number of hydrogen-bond acceptors (Lipinski definition) is 4. The summed E-state index contributed by atoms with van der Waals surface area (Å²) in [6.07, 6.45) is 0. The van der Waals surface area contributed by atoms with Crippen LogP contribution in [0.4, 0.5) is 5.69 Å². The summed E-state index contributed by atoms with van der Waals surface area (Å²) in [5.41, 5.74) is 1.23. The molecule has 0 spiro atoms. The lowest BCUT2D eigenvalue weighted by atomic mass is 10.4. The quantitative estimate of drug-likeness (QED) is 0.286. The normalized spacial score (nSPS) is 9.38. The predicted molar refractivity (Wildman–Crippen MR) is 61.4 cm³/mol. The molecule has 6 nitrogen and oxygen atoms in total. The summed E-state index contributed by atoms with van der Waals surface area (Å²) in [5, 5.41) is 2.15. The van der Waals surface area contributed by atoms with Gasteiger partial charge in [-0.15, -0.1) is 0 Å². The van der Waals surface area contributed by atoms with E-state index in [-0.39, 0.29) is 10.2 Å². The standard InChI is InChI=1S/C9H8BrN3O3/c10-5-3-1-2-4-6(7(5)14)12-8(15)9(16)13-11/h1-4H,11H2,(H,13,16)(H,12,14,15). The molecular formula is C9H8BrN3O3. The number of anilines is 1. The fourth-order valence-corrected chi connectivity index (χ4v) is 1.28. The molecule has 84 valence electrons. The molecule has 2 amide bonds. The molecule has 0 atom stereocenters. The number of halogens is 1. The van der Waals surface area contributed by atoms with Crippen LogP contribution in [0.15, 0.2) is 33.5 Å². The highest BCUT2D eigenvalue weighted by Crippen LogP contribution is 2.06. The summed E-state index contributed by atoms with van der Waals surface area (Å²) >= 11 is 3.03. The van der Waals surface area contributed by atoms with E-state index in [1.54, 1.807) is 17.6 Å². The van der Waals surface area contributed by atoms with E-state index in [1.165, 1.54) is 12.1 Å². The molecule has 1 rings (SSSR count). The van der Waals surface area contributed by atoms with Gasteiger partial charge in [0, 0.05) is 0 Å². The molecule has 1 aromatic rings. The van der Waals surface area contributed by atoms with Gasteiger partial charge in [-0.3, -0.25) is 19.8 Å². The van der Waals surface area contributed by atoms with E-state index in [2.05, 4.69) is 21.2 Å². The second-order valence-electron chi connectivity index (χ2n) is 2.74. The minimum absolute atomic E-state index is 0.00882. The molecule has 0 fully saturated rings. The Morgan fingerprint density at radius 2 is 1.81 bits per heavy atom. The number of carbonyl (C=O) groups is 2. The van der Waals surface area contributed by atoms with E-state index >= 15 is 0 Å². The van der Waals surface area contributed by atoms with Crippen molar-refractivity contribution in [2.24, 2.45) is 5.84 Å². The Labute approximate surface area is 98.9 Å². The van der Waals surface area contributed by atoms with Gasteiger partial charge in [-0.2, -0.15) is 0 Å². The van der Waals surface area contributed by atoms with Crippen LogP contribution in [0.25, 0.3) is 0 Å². The number of carbonyl (C=O) groups excluding carboxylic acids is 2. The van der Waals surface area contributed by atoms with Crippen LogP contribution in [0.5, 0.6) is 0 Å². The fourth-order valence-electron chi connectivity index (χ4n) is 0.915. The number of nitrogens with one attached hydrogen (secondary N) is 2. The maximum Gasteiger partial charge on any atom is 0.323 e. The Morgan fingerprint density at radius 3 is 2.44 bits per heavy atom. The molecule has 0 bridgehead atoms. The van der Waals surface area contributed by atoms with Gasteiger partial charge in [-0.05, 0) is 28.1 Å². The van der Waals surface area contributed by atoms with Crippen molar-refractivity contribution in [3.8, 4) is 0 Å². The zero-order valence-corrected chi connectivity index (χ0v) is 9.58. The molecule has 0 aliphatic rings. The molecule has 0 saturated heterocycles. The zero-order chi connectivity index (χ0) is 12.1. The number of hydrogen-bond donors (Lipinski definition) is 3. The molecule has 0 aliphatic carbocycles. The largest absolute Gasteiger partial charge is 0.323 e. The van der Waals surface area contributed by atoms with Gasteiger partial charge in [-0.1, -0.05) is 12.1 Å². The highest BCUT2D eigenvalue weighted by molar-refractivity contribution is 9.10. The first-order valence-electron chi connectivity index (χ1n) is 4.17. The summed E-state index contributed by atoms with van der Waals surface area (Å²) in [4.78, 5) is 33.6. The molecule has 0 saturated carbocycles. The van der Waals surface area contributed by atoms with Crippen molar-refractivity contribution >= 4 is 33.4 Å². The fraction of sp³-hybridized carbons (Fsp3) is 0. The minimum atomic E-state index is -1.03. The van der Waals surface area contributed by atoms with Crippen LogP contribution in [0.3, 0.4) is 0 Å². The maximum atomic E-state index is 11.6. The van der Waals surface area contributed by atoms with Gasteiger partial charge in [0.2, 0.25) is 5.43 Å². The third-order valence-corrected chi connectivity index (χ3v) is 2.29. The summed E-state index contributed by atoms with van der Waals surface area (Å²) in [6.45, 7) is 0. The molecule has 0 aliphatic heterocycles. The zero-order valence-electron chi connectivity index (χ0n) is 7.99. The molecule has 4 N–H and O–H groups in total. The lowest BCUT2D eigenvalue weighted by molar-refractivity contribution is -0.136. The number of amides is 2. The van der Waals surface area contributed by atoms with Crippen LogP contribution >= 0.6 is 15.9 Å². The van der Waals surface area contributed by atoms with E-state index in [4.69, 9.17) is 5.84 Å². The van der Waals surface area contributed by atoms with Gasteiger partial charge >= 0.3 is 11.8 Å². The smallest absolute Gasteiger partial charge is 0.314 e. The van der Waals surface area contributed by atoms with Crippen LogP contribution in [0.2, 0.25) is 0 Å². The van der Waals surface area contributed by atoms with Crippen LogP contribution in [0, 0.1) is 0 Å². The molecule has 0 unspecified atom stereocenters. The number of nitrogens with two attached hydrogens (primary N) is 1. The first kappa shape index (κ1) is 12.3. The van der Waals surface area contributed by atoms with Gasteiger partial charge in [0.15, 0.2) is 0 Å². The molecule has 16 heavy (non-hydrogen) atoms. The van der Waals surface area contributed by atoms with Crippen molar-refractivity contribution in [2.45, 2.75) is 0 Å². The van der Waals surface area contributed by atoms with Gasteiger partial charge in [-0.25, -0.2) is 5.84 Å². The maximum absolute atomic E-state index is 11.6. The van der Waals surface area contributed by atoms with Crippen molar-refractivity contribution in [2.75, 3.05) is 5.32 Å². The summed E-state index contributed by atoms with van der Waals surface area (Å²) in [7, 11) is 0. The number of hydrazine groups is 1. The molecule has 7 heteroatoms. The Balaban J connectivity index is 3.04. The highest BCUT2D eigenvalue weighted by atomic mass is 79.9. The highest BCUT2D eigenvalue weighted by Gasteiger charge is 2.13. The van der Waals surface area contributed by atoms with E-state index in [0.717, 1.165) is 0 Å². The molecule has 0 aromatic heterocycles. The average Bonchev–Trinajstić information content (AvgIpc) is 2.43. The Kier molecular flexibility index (Phi) is 4.15. The SMILES string of the molecule is NNC(=O)C(=O)Nc1ccccc(Br)c1=O. The lowest BCUT2D eigenvalue weighted by Crippen LogP contribution is -2.40. The molecular weight excluding hydrogens is 278 g/mol. The lowest BCUT2D eigenvalue weighted by Gasteiger charge is -2.00. The van der Waals surface area contributed by atoms with E-state index < -0.39 is 17.2 Å². The minimum Gasteiger partial charge on any atom is -0.314 e. The van der Waals surface area contributed by atoms with Crippen LogP contribution in [-0.4, -0.2) is 11.8 Å². The van der Waals surface area contributed by atoms with Crippen molar-refractivity contribution in [1.82, 2.24) is 5.43 Å².